The Hall–Kier alpha value is -1.86. The number of esters is 1. The number of Topliss-reactive ketones (excluding diaryl/α,β-unsaturated/α-hetero) is 1. The molecule has 5 nitrogen and oxygen atoms in total. The van der Waals surface area contributed by atoms with Crippen molar-refractivity contribution in [2.75, 3.05) is 0 Å². The number of ketones is 1. The molecule has 0 spiro atoms. The van der Waals surface area contributed by atoms with Crippen molar-refractivity contribution in [3.63, 3.8) is 0 Å². The maximum Gasteiger partial charge on any atom is 0.306 e. The highest BCUT2D eigenvalue weighted by Gasteiger charge is 2.37. The van der Waals surface area contributed by atoms with Gasteiger partial charge in [-0.3, -0.25) is 9.59 Å². The number of rotatable bonds is 2. The van der Waals surface area contributed by atoms with Crippen LogP contribution in [0.1, 0.15) is 84.3 Å². The Kier molecular flexibility index (Phi) is 10.2. The van der Waals surface area contributed by atoms with Crippen LogP contribution in [0.5, 0.6) is 0 Å². The maximum atomic E-state index is 14.9. The first kappa shape index (κ1) is 28.4. The van der Waals surface area contributed by atoms with E-state index in [-0.39, 0.29) is 24.5 Å². The summed E-state index contributed by atoms with van der Waals surface area (Å²) < 4.78 is 20.7. The zero-order valence-corrected chi connectivity index (χ0v) is 22.4. The molecule has 0 radical (unpaired) electrons. The molecule has 0 aromatic carbocycles. The summed E-state index contributed by atoms with van der Waals surface area (Å²) in [6, 6.07) is 0. The van der Waals surface area contributed by atoms with Gasteiger partial charge in [0.25, 0.3) is 0 Å². The number of aliphatic hydroxyl groups is 1. The molecule has 1 aliphatic heterocycles. The molecule has 5 atom stereocenters. The average Bonchev–Trinajstić information content (AvgIpc) is 3.20. The quantitative estimate of drug-likeness (QED) is 0.390. The Labute approximate surface area is 207 Å². The lowest BCUT2D eigenvalue weighted by Gasteiger charge is -2.31. The Morgan fingerprint density at radius 2 is 1.94 bits per heavy atom. The van der Waals surface area contributed by atoms with Crippen LogP contribution in [0, 0.1) is 24.2 Å². The van der Waals surface area contributed by atoms with Gasteiger partial charge in [-0.2, -0.15) is 0 Å². The number of cyclic esters (lactones) is 1. The van der Waals surface area contributed by atoms with E-state index in [1.807, 2.05) is 32.2 Å². The monoisotopic (exact) mass is 493 g/mol. The Bertz CT molecular complexity index is 919. The molecule has 0 fully saturated rings. The molecule has 1 N–H and O–H groups in total. The van der Waals surface area contributed by atoms with E-state index in [2.05, 4.69) is 4.98 Å². The third-order valence-corrected chi connectivity index (χ3v) is 7.74. The van der Waals surface area contributed by atoms with Gasteiger partial charge < -0.3 is 9.84 Å². The Morgan fingerprint density at radius 3 is 2.56 bits per heavy atom. The van der Waals surface area contributed by atoms with Gasteiger partial charge in [-0.25, -0.2) is 9.37 Å². The Balaban J connectivity index is 2.32. The number of hydrogen-bond acceptors (Lipinski definition) is 6. The second-order valence-electron chi connectivity index (χ2n) is 10.4. The molecule has 34 heavy (non-hydrogen) atoms. The summed E-state index contributed by atoms with van der Waals surface area (Å²) in [7, 11) is 0. The van der Waals surface area contributed by atoms with Gasteiger partial charge in [0.1, 0.15) is 18.1 Å². The SMILES string of the molecule is C/C1=C/C[C@@H](/C(C)=C/c2csc(C)n2)OC(=O)CCC(C)(C)C(=O)[C@H](C)[C@@H](O)[C@@H](C)CC[C@@H]1F. The predicted molar refractivity (Wildman–Crippen MR) is 135 cm³/mol. The van der Waals surface area contributed by atoms with Gasteiger partial charge in [-0.15, -0.1) is 11.3 Å². The fourth-order valence-electron chi connectivity index (χ4n) is 4.35. The molecule has 190 valence electrons. The van der Waals surface area contributed by atoms with Gasteiger partial charge in [-0.1, -0.05) is 33.8 Å². The minimum Gasteiger partial charge on any atom is -0.457 e. The predicted octanol–water partition coefficient (Wildman–Crippen LogP) is 6.24. The first-order valence-corrected chi connectivity index (χ1v) is 13.0. The van der Waals surface area contributed by atoms with Gasteiger partial charge in [0.2, 0.25) is 0 Å². The van der Waals surface area contributed by atoms with Gasteiger partial charge in [0, 0.05) is 29.6 Å². The summed E-state index contributed by atoms with van der Waals surface area (Å²) in [4.78, 5) is 30.3. The van der Waals surface area contributed by atoms with Crippen LogP contribution in [0.15, 0.2) is 22.6 Å². The first-order chi connectivity index (χ1) is 15.8. The fraction of sp³-hybridized carbons (Fsp3) is 0.667. The smallest absolute Gasteiger partial charge is 0.306 e. The number of allylic oxidation sites excluding steroid dienone is 1. The molecular weight excluding hydrogens is 453 g/mol. The normalized spacial score (nSPS) is 32.1. The van der Waals surface area contributed by atoms with Crippen molar-refractivity contribution in [2.45, 2.75) is 98.9 Å². The number of halogens is 1. The number of hydrogen-bond donors (Lipinski definition) is 1. The molecule has 0 saturated carbocycles. The van der Waals surface area contributed by atoms with Crippen molar-refractivity contribution >= 4 is 29.2 Å². The Morgan fingerprint density at radius 1 is 1.26 bits per heavy atom. The van der Waals surface area contributed by atoms with Crippen molar-refractivity contribution in [1.82, 2.24) is 4.98 Å². The lowest BCUT2D eigenvalue weighted by atomic mass is 9.74. The lowest BCUT2D eigenvalue weighted by molar-refractivity contribution is -0.148. The number of aliphatic hydroxyl groups excluding tert-OH is 1. The van der Waals surface area contributed by atoms with Crippen LogP contribution in [-0.2, 0) is 14.3 Å². The van der Waals surface area contributed by atoms with E-state index < -0.39 is 35.7 Å². The zero-order valence-electron chi connectivity index (χ0n) is 21.6. The van der Waals surface area contributed by atoms with Crippen molar-refractivity contribution in [3.05, 3.63) is 33.3 Å². The van der Waals surface area contributed by atoms with E-state index in [0.29, 0.717) is 24.8 Å². The second kappa shape index (κ2) is 12.2. The minimum atomic E-state index is -1.16. The summed E-state index contributed by atoms with van der Waals surface area (Å²) >= 11 is 1.55. The van der Waals surface area contributed by atoms with Gasteiger partial charge in [0.15, 0.2) is 0 Å². The molecule has 0 unspecified atom stereocenters. The summed E-state index contributed by atoms with van der Waals surface area (Å²) in [5.41, 5.74) is 1.44. The average molecular weight is 494 g/mol. The number of thiazole rings is 1. The van der Waals surface area contributed by atoms with Crippen LogP contribution in [0.2, 0.25) is 0 Å². The third-order valence-electron chi connectivity index (χ3n) is 6.95. The van der Waals surface area contributed by atoms with Crippen molar-refractivity contribution in [2.24, 2.45) is 17.3 Å². The van der Waals surface area contributed by atoms with Crippen molar-refractivity contribution < 1.29 is 23.8 Å². The van der Waals surface area contributed by atoms with E-state index in [0.717, 1.165) is 16.3 Å². The largest absolute Gasteiger partial charge is 0.457 e. The number of aromatic nitrogens is 1. The van der Waals surface area contributed by atoms with Gasteiger partial charge >= 0.3 is 5.97 Å². The highest BCUT2D eigenvalue weighted by molar-refractivity contribution is 7.09. The fourth-order valence-corrected chi connectivity index (χ4v) is 4.92. The molecule has 0 amide bonds. The van der Waals surface area contributed by atoms with E-state index in [4.69, 9.17) is 4.74 Å². The van der Waals surface area contributed by atoms with Crippen LogP contribution in [-0.4, -0.2) is 40.2 Å². The van der Waals surface area contributed by atoms with Crippen LogP contribution in [0.25, 0.3) is 6.08 Å². The summed E-state index contributed by atoms with van der Waals surface area (Å²) in [6.07, 6.45) is 2.67. The highest BCUT2D eigenvalue weighted by atomic mass is 32.1. The van der Waals surface area contributed by atoms with Crippen LogP contribution in [0.4, 0.5) is 4.39 Å². The van der Waals surface area contributed by atoms with Crippen molar-refractivity contribution in [1.29, 1.82) is 0 Å². The third kappa shape index (κ3) is 7.84. The molecule has 1 aliphatic rings. The molecule has 1 aromatic rings. The van der Waals surface area contributed by atoms with E-state index in [9.17, 15) is 19.1 Å². The number of ether oxygens (including phenoxy) is 1. The van der Waals surface area contributed by atoms with E-state index in [1.54, 1.807) is 45.1 Å². The maximum absolute atomic E-state index is 14.9. The molecule has 2 rings (SSSR count). The molecule has 0 aliphatic carbocycles. The van der Waals surface area contributed by atoms with E-state index >= 15 is 0 Å². The topological polar surface area (TPSA) is 76.5 Å². The molecule has 2 heterocycles. The standard InChI is InChI=1S/C27H40FNO4S/c1-16-9-11-23(18(3)14-21-15-34-20(5)29-21)33-24(30)12-13-27(6,7)26(32)19(4)25(31)17(2)8-10-22(16)28/h9,14-15,17,19,22-23,25,31H,8,10-13H2,1-7H3/b16-9-,18-14+/t17-,19+,22-,23-,25-/m0/s1. The molecular formula is C27H40FNO4S. The zero-order chi connectivity index (χ0) is 25.6. The molecule has 0 bridgehead atoms. The number of carbonyl (C=O) groups is 2. The van der Waals surface area contributed by atoms with Gasteiger partial charge in [0.05, 0.1) is 16.8 Å². The highest BCUT2D eigenvalue weighted by Crippen LogP contribution is 2.32. The lowest BCUT2D eigenvalue weighted by Crippen LogP contribution is -2.39. The number of carbonyl (C=O) groups excluding carboxylic acids is 2. The van der Waals surface area contributed by atoms with Crippen molar-refractivity contribution in [3.8, 4) is 0 Å². The first-order valence-electron chi connectivity index (χ1n) is 12.1. The number of aryl methyl sites for hydroxylation is 1. The molecule has 7 heteroatoms. The van der Waals surface area contributed by atoms with E-state index in [1.165, 1.54) is 0 Å². The number of nitrogens with zero attached hydrogens (tertiary/aromatic N) is 1. The van der Waals surface area contributed by atoms with Crippen LogP contribution < -0.4 is 0 Å². The second-order valence-corrected chi connectivity index (χ2v) is 11.5. The van der Waals surface area contributed by atoms with Gasteiger partial charge in [-0.05, 0) is 63.2 Å². The molecule has 1 aromatic heterocycles. The molecule has 0 saturated heterocycles. The van der Waals surface area contributed by atoms with Crippen LogP contribution >= 0.6 is 11.3 Å². The summed E-state index contributed by atoms with van der Waals surface area (Å²) in [5, 5.41) is 13.6. The summed E-state index contributed by atoms with van der Waals surface area (Å²) in [6.45, 7) is 12.7. The number of alkyl halides is 1. The minimum absolute atomic E-state index is 0.0884. The summed E-state index contributed by atoms with van der Waals surface area (Å²) in [5.74, 6) is -1.29. The van der Waals surface area contributed by atoms with Crippen LogP contribution in [0.3, 0.4) is 0 Å².